The first-order valence-corrected chi connectivity index (χ1v) is 8.35. The molecule has 0 bridgehead atoms. The maximum Gasteiger partial charge on any atom is 0.326 e. The van der Waals surface area contributed by atoms with Crippen LogP contribution in [0.5, 0.6) is 0 Å². The van der Waals surface area contributed by atoms with Gasteiger partial charge >= 0.3 is 12.0 Å². The fourth-order valence-corrected chi connectivity index (χ4v) is 2.80. The quantitative estimate of drug-likeness (QED) is 0.612. The molecule has 2 amide bonds. The summed E-state index contributed by atoms with van der Waals surface area (Å²) in [5.41, 5.74) is 0. The zero-order valence-electron chi connectivity index (χ0n) is 13.2. The highest BCUT2D eigenvalue weighted by atomic mass is 32.2. The van der Waals surface area contributed by atoms with E-state index in [9.17, 15) is 9.59 Å². The molecule has 5 nitrogen and oxygen atoms in total. The van der Waals surface area contributed by atoms with Crippen LogP contribution in [-0.4, -0.2) is 40.7 Å². The molecule has 20 heavy (non-hydrogen) atoms. The Morgan fingerprint density at radius 2 is 1.80 bits per heavy atom. The van der Waals surface area contributed by atoms with Crippen LogP contribution in [0.15, 0.2) is 0 Å². The third kappa shape index (κ3) is 6.50. The van der Waals surface area contributed by atoms with Gasteiger partial charge in [0.1, 0.15) is 6.04 Å². The van der Waals surface area contributed by atoms with Crippen molar-refractivity contribution in [3.05, 3.63) is 0 Å². The normalized spacial score (nSPS) is 13.1. The van der Waals surface area contributed by atoms with Crippen molar-refractivity contribution < 1.29 is 14.7 Å². The van der Waals surface area contributed by atoms with E-state index < -0.39 is 18.0 Å². The van der Waals surface area contributed by atoms with Crippen molar-refractivity contribution in [2.45, 2.75) is 57.7 Å². The predicted molar refractivity (Wildman–Crippen MR) is 84.2 cm³/mol. The number of carbonyl (C=O) groups is 2. The summed E-state index contributed by atoms with van der Waals surface area (Å²) in [6, 6.07) is -1.24. The number of amides is 2. The number of rotatable bonds is 9. The molecule has 0 unspecified atom stereocenters. The van der Waals surface area contributed by atoms with Crippen LogP contribution in [0.3, 0.4) is 0 Å². The summed E-state index contributed by atoms with van der Waals surface area (Å²) in [5.74, 6) is -0.774. The van der Waals surface area contributed by atoms with Gasteiger partial charge in [-0.3, -0.25) is 0 Å². The van der Waals surface area contributed by atoms with E-state index in [2.05, 4.69) is 24.5 Å². The maximum absolute atomic E-state index is 11.8. The van der Waals surface area contributed by atoms with Crippen molar-refractivity contribution in [2.75, 3.05) is 12.8 Å². The molecular weight excluding hydrogens is 276 g/mol. The molecule has 0 fully saturated rings. The van der Waals surface area contributed by atoms with Crippen molar-refractivity contribution in [1.82, 2.24) is 10.6 Å². The van der Waals surface area contributed by atoms with Gasteiger partial charge < -0.3 is 15.7 Å². The smallest absolute Gasteiger partial charge is 0.326 e. The zero-order chi connectivity index (χ0) is 15.8. The van der Waals surface area contributed by atoms with E-state index in [1.807, 2.05) is 20.1 Å². The predicted octanol–water partition coefficient (Wildman–Crippen LogP) is 2.71. The van der Waals surface area contributed by atoms with Gasteiger partial charge in [-0.25, -0.2) is 9.59 Å². The molecule has 0 radical (unpaired) electrons. The van der Waals surface area contributed by atoms with Gasteiger partial charge in [0.2, 0.25) is 0 Å². The summed E-state index contributed by atoms with van der Waals surface area (Å²) < 4.78 is 0.0219. The van der Waals surface area contributed by atoms with E-state index in [4.69, 9.17) is 5.11 Å². The number of aliphatic carboxylic acids is 1. The second kappa shape index (κ2) is 9.10. The van der Waals surface area contributed by atoms with Gasteiger partial charge in [0.25, 0.3) is 0 Å². The highest BCUT2D eigenvalue weighted by molar-refractivity contribution is 8.00. The van der Waals surface area contributed by atoms with E-state index in [-0.39, 0.29) is 10.7 Å². The first-order valence-electron chi connectivity index (χ1n) is 7.12. The minimum atomic E-state index is -0.990. The van der Waals surface area contributed by atoms with Crippen LogP contribution in [-0.2, 0) is 4.79 Å². The van der Waals surface area contributed by atoms with E-state index in [0.29, 0.717) is 13.0 Å². The summed E-state index contributed by atoms with van der Waals surface area (Å²) in [5, 5.41) is 14.4. The van der Waals surface area contributed by atoms with Crippen molar-refractivity contribution in [3.63, 3.8) is 0 Å². The first kappa shape index (κ1) is 19.1. The first-order chi connectivity index (χ1) is 9.30. The Morgan fingerprint density at radius 3 is 2.15 bits per heavy atom. The number of nitrogens with one attached hydrogen (secondary N) is 2. The van der Waals surface area contributed by atoms with Crippen molar-refractivity contribution in [3.8, 4) is 0 Å². The fraction of sp³-hybridized carbons (Fsp3) is 0.857. The van der Waals surface area contributed by atoms with Crippen molar-refractivity contribution in [1.29, 1.82) is 0 Å². The fourth-order valence-electron chi connectivity index (χ4n) is 2.00. The van der Waals surface area contributed by atoms with Gasteiger partial charge in [-0.15, -0.1) is 0 Å². The summed E-state index contributed by atoms with van der Waals surface area (Å²) >= 11 is 1.74. The minimum absolute atomic E-state index is 0.0219. The summed E-state index contributed by atoms with van der Waals surface area (Å²) in [6.45, 7) is 8.60. The molecule has 1 atom stereocenters. The van der Waals surface area contributed by atoms with Crippen LogP contribution in [0.2, 0.25) is 0 Å². The van der Waals surface area contributed by atoms with E-state index in [1.54, 1.807) is 11.8 Å². The van der Waals surface area contributed by atoms with Crippen molar-refractivity contribution >= 4 is 23.8 Å². The Labute approximate surface area is 126 Å². The average Bonchev–Trinajstić information content (AvgIpc) is 2.39. The monoisotopic (exact) mass is 304 g/mol. The lowest BCUT2D eigenvalue weighted by molar-refractivity contribution is -0.139. The Kier molecular flexibility index (Phi) is 8.69. The maximum atomic E-state index is 11.8. The highest BCUT2D eigenvalue weighted by Crippen LogP contribution is 2.29. The van der Waals surface area contributed by atoms with Gasteiger partial charge in [0.15, 0.2) is 0 Å². The van der Waals surface area contributed by atoms with Gasteiger partial charge in [-0.1, -0.05) is 27.7 Å². The average molecular weight is 304 g/mol. The molecule has 0 aliphatic rings. The number of carbonyl (C=O) groups excluding carboxylic acids is 1. The SMILES string of the molecule is CCC(CC)(CNC(=O)N[C@@H](CC(C)C)C(=O)O)SC. The number of thioether (sulfide) groups is 1. The number of hydrogen-bond acceptors (Lipinski definition) is 3. The van der Waals surface area contributed by atoms with Gasteiger partial charge in [0, 0.05) is 11.3 Å². The minimum Gasteiger partial charge on any atom is -0.480 e. The molecule has 0 aromatic heterocycles. The molecule has 0 saturated heterocycles. The molecule has 0 rings (SSSR count). The Balaban J connectivity index is 4.43. The second-order valence-corrected chi connectivity index (χ2v) is 6.72. The standard InChI is InChI=1S/C14H28N2O3S/c1-6-14(7-2,20-5)9-15-13(19)16-11(12(17)18)8-10(3)4/h10-11H,6-9H2,1-5H3,(H,17,18)(H2,15,16,19)/t11-/m0/s1. The molecule has 0 aliphatic carbocycles. The van der Waals surface area contributed by atoms with Crippen LogP contribution in [0.4, 0.5) is 4.79 Å². The molecule has 6 heteroatoms. The molecule has 0 saturated carbocycles. The Bertz CT molecular complexity index is 309. The second-order valence-electron chi connectivity index (χ2n) is 5.44. The van der Waals surface area contributed by atoms with E-state index in [1.165, 1.54) is 0 Å². The summed E-state index contributed by atoms with van der Waals surface area (Å²) in [6.07, 6.45) is 4.38. The lowest BCUT2D eigenvalue weighted by atomic mass is 10.0. The molecule has 0 aromatic rings. The van der Waals surface area contributed by atoms with Crippen molar-refractivity contribution in [2.24, 2.45) is 5.92 Å². The van der Waals surface area contributed by atoms with Crippen LogP contribution >= 0.6 is 11.8 Å². The van der Waals surface area contributed by atoms with E-state index in [0.717, 1.165) is 12.8 Å². The Hall–Kier alpha value is -0.910. The van der Waals surface area contributed by atoms with E-state index >= 15 is 0 Å². The summed E-state index contributed by atoms with van der Waals surface area (Å²) in [7, 11) is 0. The molecule has 0 spiro atoms. The lowest BCUT2D eigenvalue weighted by Crippen LogP contribution is -2.49. The number of hydrogen-bond donors (Lipinski definition) is 3. The lowest BCUT2D eigenvalue weighted by Gasteiger charge is -2.30. The molecule has 0 heterocycles. The van der Waals surface area contributed by atoms with Crippen LogP contribution in [0.1, 0.15) is 47.0 Å². The van der Waals surface area contributed by atoms with Gasteiger partial charge in [-0.05, 0) is 31.4 Å². The molecule has 0 aromatic carbocycles. The van der Waals surface area contributed by atoms with Crippen LogP contribution in [0, 0.1) is 5.92 Å². The largest absolute Gasteiger partial charge is 0.480 e. The molecular formula is C14H28N2O3S. The highest BCUT2D eigenvalue weighted by Gasteiger charge is 2.26. The number of carboxylic acid groups (broad SMARTS) is 1. The number of urea groups is 1. The van der Waals surface area contributed by atoms with Crippen LogP contribution < -0.4 is 10.6 Å². The third-order valence-electron chi connectivity index (χ3n) is 3.60. The topological polar surface area (TPSA) is 78.4 Å². The van der Waals surface area contributed by atoms with Gasteiger partial charge in [0.05, 0.1) is 0 Å². The summed E-state index contributed by atoms with van der Waals surface area (Å²) in [4.78, 5) is 22.9. The molecule has 0 aliphatic heterocycles. The number of carboxylic acids is 1. The Morgan fingerprint density at radius 1 is 1.25 bits per heavy atom. The third-order valence-corrected chi connectivity index (χ3v) is 5.19. The van der Waals surface area contributed by atoms with Crippen LogP contribution in [0.25, 0.3) is 0 Å². The zero-order valence-corrected chi connectivity index (χ0v) is 14.0. The molecule has 3 N–H and O–H groups in total. The molecule has 118 valence electrons. The van der Waals surface area contributed by atoms with Gasteiger partial charge in [-0.2, -0.15) is 11.8 Å².